The van der Waals surface area contributed by atoms with Crippen LogP contribution in [-0.2, 0) is 0 Å². The van der Waals surface area contributed by atoms with Gasteiger partial charge in [-0.1, -0.05) is 6.07 Å². The number of alkyl halides is 3. The van der Waals surface area contributed by atoms with E-state index in [1.807, 2.05) is 50.2 Å². The minimum atomic E-state index is -4.73. The Hall–Kier alpha value is -3.95. The molecule has 0 radical (unpaired) electrons. The number of nitrogens with zero attached hydrogens (tertiary/aromatic N) is 3. The van der Waals surface area contributed by atoms with Crippen molar-refractivity contribution in [1.29, 1.82) is 0 Å². The second-order valence-electron chi connectivity index (χ2n) is 7.60. The number of benzene rings is 2. The predicted octanol–water partition coefficient (Wildman–Crippen LogP) is 5.89. The van der Waals surface area contributed by atoms with E-state index in [2.05, 4.69) is 25.0 Å². The molecule has 2 aromatic carbocycles. The van der Waals surface area contributed by atoms with Crippen molar-refractivity contribution in [3.63, 3.8) is 0 Å². The third kappa shape index (κ3) is 5.65. The summed E-state index contributed by atoms with van der Waals surface area (Å²) in [5.74, 6) is 1.15. The van der Waals surface area contributed by atoms with Crippen LogP contribution in [0.4, 0.5) is 24.8 Å². The molecule has 2 N–H and O–H groups in total. The summed E-state index contributed by atoms with van der Waals surface area (Å²) < 4.78 is 46.2. The zero-order valence-corrected chi connectivity index (χ0v) is 18.1. The van der Waals surface area contributed by atoms with Gasteiger partial charge in [-0.15, -0.1) is 13.2 Å². The maximum Gasteiger partial charge on any atom is 0.573 e. The van der Waals surface area contributed by atoms with Crippen LogP contribution in [0.1, 0.15) is 18.5 Å². The molecule has 1 atom stereocenters. The Labute approximate surface area is 188 Å². The van der Waals surface area contributed by atoms with Gasteiger partial charge in [-0.2, -0.15) is 0 Å². The first kappa shape index (κ1) is 22.3. The minimum Gasteiger partial charge on any atom is -0.439 e. The average molecular weight is 457 g/mol. The van der Waals surface area contributed by atoms with Crippen molar-refractivity contribution >= 4 is 22.7 Å². The van der Waals surface area contributed by atoms with Gasteiger partial charge in [-0.3, -0.25) is 0 Å². The number of H-pyrrole nitrogens is 1. The predicted molar refractivity (Wildman–Crippen MR) is 120 cm³/mol. The SMILES string of the molecule is CC(Nc1ccc2nc(N(C)C)[nH]c2c1)c1ccc(Oc2ccc(OC(F)(F)F)cc2)nc1. The zero-order chi connectivity index (χ0) is 23.6. The molecule has 0 aliphatic carbocycles. The molecule has 1 unspecified atom stereocenters. The summed E-state index contributed by atoms with van der Waals surface area (Å²) in [6.45, 7) is 2.01. The molecule has 4 aromatic rings. The minimum absolute atomic E-state index is 0.0287. The third-order valence-electron chi connectivity index (χ3n) is 4.82. The lowest BCUT2D eigenvalue weighted by Gasteiger charge is -2.16. The van der Waals surface area contributed by atoms with E-state index in [9.17, 15) is 13.2 Å². The van der Waals surface area contributed by atoms with Gasteiger partial charge in [0.1, 0.15) is 11.5 Å². The van der Waals surface area contributed by atoms with Crippen LogP contribution < -0.4 is 19.7 Å². The normalized spacial score (nSPS) is 12.4. The topological polar surface area (TPSA) is 75.3 Å². The standard InChI is InChI=1S/C23H22F3N5O2/c1-14(28-16-5-10-19-20(12-16)30-22(29-19)31(2)3)15-4-11-21(27-13-15)32-17-6-8-18(9-7-17)33-23(24,25)26/h4-14,28H,1-3H3,(H,29,30). The van der Waals surface area contributed by atoms with Crippen LogP contribution in [0.15, 0.2) is 60.8 Å². The quantitative estimate of drug-likeness (QED) is 0.361. The molecule has 4 rings (SSSR count). The summed E-state index contributed by atoms with van der Waals surface area (Å²) in [4.78, 5) is 14.0. The summed E-state index contributed by atoms with van der Waals surface area (Å²) in [7, 11) is 3.85. The molecule has 10 heteroatoms. The van der Waals surface area contributed by atoms with Crippen LogP contribution in [0.3, 0.4) is 0 Å². The lowest BCUT2D eigenvalue weighted by molar-refractivity contribution is -0.274. The number of anilines is 2. The van der Waals surface area contributed by atoms with Crippen LogP contribution >= 0.6 is 0 Å². The molecule has 0 fully saturated rings. The molecular formula is C23H22F3N5O2. The van der Waals surface area contributed by atoms with Gasteiger partial charge in [0.2, 0.25) is 11.8 Å². The fourth-order valence-electron chi connectivity index (χ4n) is 3.17. The largest absolute Gasteiger partial charge is 0.573 e. The Kier molecular flexibility index (Phi) is 5.99. The summed E-state index contributed by atoms with van der Waals surface area (Å²) in [5, 5.41) is 3.43. The van der Waals surface area contributed by atoms with Crippen molar-refractivity contribution in [3.05, 3.63) is 66.4 Å². The number of nitrogens with one attached hydrogen (secondary N) is 2. The van der Waals surface area contributed by atoms with Gasteiger partial charge >= 0.3 is 6.36 Å². The number of hydrogen-bond acceptors (Lipinski definition) is 6. The lowest BCUT2D eigenvalue weighted by atomic mass is 10.1. The van der Waals surface area contributed by atoms with Gasteiger partial charge in [0.15, 0.2) is 0 Å². The van der Waals surface area contributed by atoms with Crippen LogP contribution in [0, 0.1) is 0 Å². The summed E-state index contributed by atoms with van der Waals surface area (Å²) >= 11 is 0. The molecule has 0 aliphatic rings. The van der Waals surface area contributed by atoms with Gasteiger partial charge in [0.05, 0.1) is 17.1 Å². The molecule has 0 aliphatic heterocycles. The van der Waals surface area contributed by atoms with Crippen molar-refractivity contribution < 1.29 is 22.6 Å². The van der Waals surface area contributed by atoms with Crippen molar-refractivity contribution in [2.24, 2.45) is 0 Å². The fraction of sp³-hybridized carbons (Fsp3) is 0.217. The first-order valence-corrected chi connectivity index (χ1v) is 10.1. The fourth-order valence-corrected chi connectivity index (χ4v) is 3.17. The van der Waals surface area contributed by atoms with E-state index in [1.165, 1.54) is 24.3 Å². The van der Waals surface area contributed by atoms with Gasteiger partial charge in [-0.05, 0) is 55.0 Å². The molecule has 0 saturated heterocycles. The van der Waals surface area contributed by atoms with E-state index in [4.69, 9.17) is 4.74 Å². The van der Waals surface area contributed by atoms with Crippen molar-refractivity contribution in [3.8, 4) is 17.4 Å². The zero-order valence-electron chi connectivity index (χ0n) is 18.1. The van der Waals surface area contributed by atoms with Crippen LogP contribution in [-0.4, -0.2) is 35.4 Å². The van der Waals surface area contributed by atoms with Crippen molar-refractivity contribution in [1.82, 2.24) is 15.0 Å². The van der Waals surface area contributed by atoms with E-state index < -0.39 is 6.36 Å². The Balaban J connectivity index is 1.39. The molecule has 172 valence electrons. The highest BCUT2D eigenvalue weighted by atomic mass is 19.4. The Morgan fingerprint density at radius 1 is 1.00 bits per heavy atom. The Bertz CT molecular complexity index is 1220. The molecule has 0 bridgehead atoms. The van der Waals surface area contributed by atoms with Gasteiger partial charge in [0.25, 0.3) is 0 Å². The Morgan fingerprint density at radius 2 is 1.73 bits per heavy atom. The molecule has 7 nitrogen and oxygen atoms in total. The molecule has 2 aromatic heterocycles. The van der Waals surface area contributed by atoms with Crippen LogP contribution in [0.2, 0.25) is 0 Å². The number of pyridine rings is 1. The second kappa shape index (κ2) is 8.89. The summed E-state index contributed by atoms with van der Waals surface area (Å²) in [6, 6.07) is 14.6. The molecular weight excluding hydrogens is 435 g/mol. The maximum atomic E-state index is 12.3. The number of ether oxygens (including phenoxy) is 2. The highest BCUT2D eigenvalue weighted by molar-refractivity contribution is 5.81. The van der Waals surface area contributed by atoms with Crippen LogP contribution in [0.25, 0.3) is 11.0 Å². The number of imidazole rings is 1. The molecule has 0 saturated carbocycles. The number of rotatable bonds is 7. The number of halogens is 3. The van der Waals surface area contributed by atoms with Crippen LogP contribution in [0.5, 0.6) is 17.4 Å². The molecule has 0 amide bonds. The van der Waals surface area contributed by atoms with Crippen molar-refractivity contribution in [2.45, 2.75) is 19.3 Å². The second-order valence-corrected chi connectivity index (χ2v) is 7.60. The molecule has 2 heterocycles. The van der Waals surface area contributed by atoms with Crippen molar-refractivity contribution in [2.75, 3.05) is 24.3 Å². The lowest BCUT2D eigenvalue weighted by Crippen LogP contribution is -2.16. The van der Waals surface area contributed by atoms with E-state index in [0.29, 0.717) is 11.6 Å². The highest BCUT2D eigenvalue weighted by Gasteiger charge is 2.31. The molecule has 33 heavy (non-hydrogen) atoms. The number of aromatic amines is 1. The van der Waals surface area contributed by atoms with Gasteiger partial charge in [0, 0.05) is 32.0 Å². The van der Waals surface area contributed by atoms with E-state index >= 15 is 0 Å². The number of aromatic nitrogens is 3. The monoisotopic (exact) mass is 457 g/mol. The Morgan fingerprint density at radius 3 is 2.36 bits per heavy atom. The average Bonchev–Trinajstić information content (AvgIpc) is 3.18. The maximum absolute atomic E-state index is 12.3. The summed E-state index contributed by atoms with van der Waals surface area (Å²) in [6.07, 6.45) is -3.04. The van der Waals surface area contributed by atoms with Gasteiger partial charge < -0.3 is 24.7 Å². The number of fused-ring (bicyclic) bond motifs is 1. The van der Waals surface area contributed by atoms with E-state index in [-0.39, 0.29) is 11.8 Å². The molecule has 0 spiro atoms. The third-order valence-corrected chi connectivity index (χ3v) is 4.82. The van der Waals surface area contributed by atoms with Gasteiger partial charge in [-0.25, -0.2) is 9.97 Å². The smallest absolute Gasteiger partial charge is 0.439 e. The summed E-state index contributed by atoms with van der Waals surface area (Å²) in [5.41, 5.74) is 3.70. The van der Waals surface area contributed by atoms with E-state index in [1.54, 1.807) is 12.3 Å². The first-order chi connectivity index (χ1) is 15.7. The van der Waals surface area contributed by atoms with E-state index in [0.717, 1.165) is 28.2 Å². The highest BCUT2D eigenvalue weighted by Crippen LogP contribution is 2.28. The first-order valence-electron chi connectivity index (χ1n) is 10.1. The number of hydrogen-bond donors (Lipinski definition) is 2.